The Morgan fingerprint density at radius 3 is 2.10 bits per heavy atom. The first-order valence-corrected chi connectivity index (χ1v) is 27.5. The van der Waals surface area contributed by atoms with Gasteiger partial charge in [-0.3, -0.25) is 9.97 Å². The molecule has 0 saturated carbocycles. The second-order valence-corrected chi connectivity index (χ2v) is 27.7. The number of para-hydroxylation sites is 1. The van der Waals surface area contributed by atoms with E-state index in [9.17, 15) is 13.2 Å². The summed E-state index contributed by atoms with van der Waals surface area (Å²) < 4.78 is 50.2. The number of halogens is 3. The van der Waals surface area contributed by atoms with Crippen LogP contribution in [-0.4, -0.2) is 37.8 Å². The fourth-order valence-corrected chi connectivity index (χ4v) is 9.77. The predicted molar refractivity (Wildman–Crippen MR) is 240 cm³/mol. The third kappa shape index (κ3) is 8.55. The summed E-state index contributed by atoms with van der Waals surface area (Å²) in [5, 5.41) is 2.12. The predicted octanol–water partition coefficient (Wildman–Crippen LogP) is 13.3. The van der Waals surface area contributed by atoms with Gasteiger partial charge in [-0.25, -0.2) is 4.98 Å². The Morgan fingerprint density at radius 1 is 0.754 bits per heavy atom. The molecule has 0 saturated heterocycles. The summed E-state index contributed by atoms with van der Waals surface area (Å²) in [4.78, 5) is 18.5. The Balaban J connectivity index is 0.000000262. The molecule has 1 radical (unpaired) electrons. The number of furan rings is 1. The SMILES string of the molecule is Cc1c[c-]c(-c2cc[c]([Ge]([CH3])([CH3])[CH3])cn2)cc1.Cc1ccc2ccc3nc(-c4[c-]ccc5c4oc4nc(C(F)(F)F)ccc45)n(-c4c(C(C)C)cccc4C(C)C)c3c2n1.[Ir]. The molecule has 313 valence electrons. The van der Waals surface area contributed by atoms with E-state index >= 15 is 0 Å². The van der Waals surface area contributed by atoms with Crippen molar-refractivity contribution in [3.8, 4) is 28.3 Å². The zero-order chi connectivity index (χ0) is 42.7. The minimum atomic E-state index is -4.59. The maximum atomic E-state index is 13.5. The van der Waals surface area contributed by atoms with Crippen LogP contribution in [0.4, 0.5) is 13.2 Å². The summed E-state index contributed by atoms with van der Waals surface area (Å²) in [5.74, 6) is 8.11. The summed E-state index contributed by atoms with van der Waals surface area (Å²) in [6, 6.07) is 37.5. The van der Waals surface area contributed by atoms with Gasteiger partial charge in [0.1, 0.15) is 5.69 Å². The van der Waals surface area contributed by atoms with Crippen molar-refractivity contribution in [1.82, 2.24) is 24.5 Å². The molecule has 0 aliphatic heterocycles. The zero-order valence-electron chi connectivity index (χ0n) is 35.6. The van der Waals surface area contributed by atoms with Crippen LogP contribution in [0.5, 0.6) is 0 Å². The van der Waals surface area contributed by atoms with Gasteiger partial charge in [0.2, 0.25) is 5.71 Å². The van der Waals surface area contributed by atoms with Gasteiger partial charge in [0, 0.05) is 42.3 Å². The maximum Gasteiger partial charge on any atom is 0.433 e. The molecule has 9 rings (SSSR count). The summed E-state index contributed by atoms with van der Waals surface area (Å²) >= 11 is -1.73. The first-order chi connectivity index (χ1) is 28.5. The van der Waals surface area contributed by atoms with Gasteiger partial charge in [-0.05, 0) is 54.2 Å². The Hall–Kier alpha value is -5.16. The Bertz CT molecular complexity index is 3010. The number of pyridine rings is 3. The third-order valence-corrected chi connectivity index (χ3v) is 15.1. The molecule has 6 nitrogen and oxygen atoms in total. The van der Waals surface area contributed by atoms with Gasteiger partial charge in [-0.15, -0.1) is 18.2 Å². The molecule has 0 atom stereocenters. The minimum Gasteiger partial charge on any atom is -0.486 e. The standard InChI is InChI=1S/C35H28F3N4O.C15H18GeN.Ir/c1-18(2)22-8-6-9-23(19(3)4)30(22)42-31-27(16-14-21-13-12-20(5)39-29(21)31)40-33(42)26-11-7-10-24-25-15-17-28(35(36,37)38)41-34(25)43-32(24)26;1-12-5-7-13(8-6-12)15-10-9-14(11-17-15)16(2,3)4;/h6-10,12-19H,1-5H3;5-7,9-11H,1-4H3;/q2*-1;. The first-order valence-electron chi connectivity index (χ1n) is 20.2. The van der Waals surface area contributed by atoms with Crippen molar-refractivity contribution >= 4 is 61.7 Å². The summed E-state index contributed by atoms with van der Waals surface area (Å²) in [6.07, 6.45) is -2.54. The van der Waals surface area contributed by atoms with E-state index in [-0.39, 0.29) is 37.7 Å². The molecule has 0 amide bonds. The molecule has 0 aliphatic carbocycles. The third-order valence-electron chi connectivity index (χ3n) is 10.9. The number of imidazole rings is 1. The van der Waals surface area contributed by atoms with E-state index in [1.807, 2.05) is 37.4 Å². The number of hydrogen-bond donors (Lipinski definition) is 0. The first kappa shape index (κ1) is 43.9. The number of nitrogens with zero attached hydrogens (tertiary/aromatic N) is 5. The second-order valence-electron chi connectivity index (χ2n) is 17.0. The molecule has 11 heteroatoms. The quantitative estimate of drug-likeness (QED) is 0.123. The van der Waals surface area contributed by atoms with Crippen molar-refractivity contribution < 1.29 is 37.7 Å². The van der Waals surface area contributed by atoms with Crippen molar-refractivity contribution in [3.05, 3.63) is 143 Å². The maximum absolute atomic E-state index is 13.5. The molecule has 0 spiro atoms. The molecule has 0 unspecified atom stereocenters. The van der Waals surface area contributed by atoms with Gasteiger partial charge >= 0.3 is 112 Å². The van der Waals surface area contributed by atoms with Crippen LogP contribution in [-0.2, 0) is 26.3 Å². The number of aromatic nitrogens is 5. The van der Waals surface area contributed by atoms with Crippen molar-refractivity contribution in [1.29, 1.82) is 0 Å². The topological polar surface area (TPSA) is 69.6 Å². The summed E-state index contributed by atoms with van der Waals surface area (Å²) in [7, 11) is 0. The fraction of sp³-hybridized carbons (Fsp3) is 0.240. The van der Waals surface area contributed by atoms with Crippen molar-refractivity contribution in [2.24, 2.45) is 0 Å². The molecule has 61 heavy (non-hydrogen) atoms. The van der Waals surface area contributed by atoms with Crippen LogP contribution in [0.2, 0.25) is 17.3 Å². The number of hydrogen-bond acceptors (Lipinski definition) is 5. The van der Waals surface area contributed by atoms with Gasteiger partial charge in [0.05, 0.1) is 28.0 Å². The largest absolute Gasteiger partial charge is 0.486 e. The van der Waals surface area contributed by atoms with Crippen LogP contribution in [0.25, 0.3) is 72.3 Å². The summed E-state index contributed by atoms with van der Waals surface area (Å²) in [6.45, 7) is 12.7. The molecule has 0 aliphatic rings. The van der Waals surface area contributed by atoms with Crippen LogP contribution >= 0.6 is 0 Å². The van der Waals surface area contributed by atoms with Gasteiger partial charge in [0.15, 0.2) is 0 Å². The Kier molecular flexibility index (Phi) is 12.2. The van der Waals surface area contributed by atoms with Gasteiger partial charge < -0.3 is 8.98 Å². The van der Waals surface area contributed by atoms with E-state index in [0.29, 0.717) is 27.7 Å². The van der Waals surface area contributed by atoms with Gasteiger partial charge in [-0.2, -0.15) is 13.2 Å². The average molecular weight is 1050 g/mol. The minimum absolute atomic E-state index is 0. The molecule has 9 aromatic rings. The molecule has 0 N–H and O–H groups in total. The van der Waals surface area contributed by atoms with E-state index in [0.717, 1.165) is 61.8 Å². The fourth-order valence-electron chi connectivity index (χ4n) is 7.60. The molecule has 5 heterocycles. The number of rotatable bonds is 6. The number of aryl methyl sites for hydroxylation is 2. The van der Waals surface area contributed by atoms with Crippen molar-refractivity contribution in [2.75, 3.05) is 0 Å². The number of fused-ring (bicyclic) bond motifs is 6. The second kappa shape index (κ2) is 17.0. The van der Waals surface area contributed by atoms with Gasteiger partial charge in [0.25, 0.3) is 0 Å². The average Bonchev–Trinajstić information content (AvgIpc) is 3.79. The Morgan fingerprint density at radius 2 is 1.48 bits per heavy atom. The van der Waals surface area contributed by atoms with Crippen LogP contribution in [0.1, 0.15) is 67.6 Å². The van der Waals surface area contributed by atoms with Gasteiger partial charge in [-0.1, -0.05) is 69.0 Å². The van der Waals surface area contributed by atoms with E-state index in [2.05, 4.69) is 127 Å². The summed E-state index contributed by atoms with van der Waals surface area (Å²) in [5.41, 5.74) is 9.74. The van der Waals surface area contributed by atoms with Crippen molar-refractivity contribution in [2.45, 2.75) is 76.8 Å². The normalized spacial score (nSPS) is 12.1. The van der Waals surface area contributed by atoms with Crippen LogP contribution in [0.3, 0.4) is 0 Å². The van der Waals surface area contributed by atoms with Crippen LogP contribution in [0, 0.1) is 26.0 Å². The zero-order valence-corrected chi connectivity index (χ0v) is 40.1. The van der Waals surface area contributed by atoms with E-state index in [1.165, 1.54) is 16.0 Å². The molecule has 4 aromatic carbocycles. The molecular weight excluding hydrogens is 1010 g/mol. The number of benzene rings is 4. The van der Waals surface area contributed by atoms with E-state index in [4.69, 9.17) is 14.4 Å². The molecule has 0 bridgehead atoms. The number of alkyl halides is 3. The van der Waals surface area contributed by atoms with Crippen LogP contribution in [0.15, 0.2) is 108 Å². The smallest absolute Gasteiger partial charge is 0.433 e. The monoisotopic (exact) mass is 1060 g/mol. The molecular formula is C50H46F3GeIrN5O-2. The molecule has 0 fully saturated rings. The Labute approximate surface area is 370 Å². The van der Waals surface area contributed by atoms with E-state index < -0.39 is 25.1 Å². The van der Waals surface area contributed by atoms with Crippen molar-refractivity contribution in [3.63, 3.8) is 0 Å². The van der Waals surface area contributed by atoms with E-state index in [1.54, 1.807) is 12.1 Å². The molecule has 5 aromatic heterocycles. The van der Waals surface area contributed by atoms with Crippen LogP contribution < -0.4 is 4.40 Å².